The number of carbonyl (C=O) groups excluding carboxylic acids is 1. The highest BCUT2D eigenvalue weighted by Gasteiger charge is 2.24. The minimum absolute atomic E-state index is 0.102. The molecule has 1 saturated heterocycles. The van der Waals surface area contributed by atoms with Gasteiger partial charge in [-0.05, 0) is 49.4 Å². The van der Waals surface area contributed by atoms with Crippen LogP contribution in [0.1, 0.15) is 48.7 Å². The number of amides is 1. The molecule has 1 fully saturated rings. The molecule has 0 bridgehead atoms. The lowest BCUT2D eigenvalue weighted by molar-refractivity contribution is 0.0697. The number of benzene rings is 2. The van der Waals surface area contributed by atoms with Crippen LogP contribution < -0.4 is 4.72 Å². The third-order valence-corrected chi connectivity index (χ3v) is 6.63. The molecule has 144 valence electrons. The fourth-order valence-corrected chi connectivity index (χ4v) is 4.58. The maximum absolute atomic E-state index is 12.8. The van der Waals surface area contributed by atoms with Gasteiger partial charge >= 0.3 is 0 Å². The quantitative estimate of drug-likeness (QED) is 0.854. The lowest BCUT2D eigenvalue weighted by Gasteiger charge is -2.30. The lowest BCUT2D eigenvalue weighted by Crippen LogP contribution is -2.38. The van der Waals surface area contributed by atoms with Crippen molar-refractivity contribution in [3.05, 3.63) is 65.7 Å². The number of carbonyl (C=O) groups is 1. The summed E-state index contributed by atoms with van der Waals surface area (Å²) in [4.78, 5) is 14.7. The van der Waals surface area contributed by atoms with Crippen molar-refractivity contribution in [1.29, 1.82) is 0 Å². The summed E-state index contributed by atoms with van der Waals surface area (Å²) in [6, 6.07) is 15.3. The highest BCUT2D eigenvalue weighted by Crippen LogP contribution is 2.21. The van der Waals surface area contributed by atoms with Gasteiger partial charge in [0.05, 0.1) is 4.90 Å². The third kappa shape index (κ3) is 4.76. The zero-order valence-corrected chi connectivity index (χ0v) is 16.6. The van der Waals surface area contributed by atoms with Crippen molar-refractivity contribution < 1.29 is 13.2 Å². The Labute approximate surface area is 161 Å². The summed E-state index contributed by atoms with van der Waals surface area (Å²) in [5.41, 5.74) is 1.30. The first-order valence-corrected chi connectivity index (χ1v) is 10.8. The predicted molar refractivity (Wildman–Crippen MR) is 106 cm³/mol. The molecule has 0 saturated carbocycles. The molecule has 0 aromatic heterocycles. The van der Waals surface area contributed by atoms with Crippen molar-refractivity contribution in [3.8, 4) is 0 Å². The van der Waals surface area contributed by atoms with E-state index >= 15 is 0 Å². The molecule has 6 heteroatoms. The minimum Gasteiger partial charge on any atom is -0.339 e. The number of sulfonamides is 1. The average molecular weight is 387 g/mol. The number of nitrogens with zero attached hydrogens (tertiary/aromatic N) is 1. The van der Waals surface area contributed by atoms with Crippen LogP contribution in [0, 0.1) is 5.92 Å². The first-order valence-electron chi connectivity index (χ1n) is 9.33. The maximum atomic E-state index is 12.8. The van der Waals surface area contributed by atoms with E-state index in [1.165, 1.54) is 12.1 Å². The second-order valence-corrected chi connectivity index (χ2v) is 8.97. The Morgan fingerprint density at radius 2 is 1.74 bits per heavy atom. The van der Waals surface area contributed by atoms with Crippen molar-refractivity contribution in [2.75, 3.05) is 13.1 Å². The van der Waals surface area contributed by atoms with Gasteiger partial charge in [0.2, 0.25) is 10.0 Å². The fraction of sp³-hybridized carbons (Fsp3) is 0.381. The summed E-state index contributed by atoms with van der Waals surface area (Å²) in [5, 5.41) is 0. The Morgan fingerprint density at radius 1 is 1.07 bits per heavy atom. The molecule has 5 nitrogen and oxygen atoms in total. The van der Waals surface area contributed by atoms with Gasteiger partial charge in [0.15, 0.2) is 0 Å². The summed E-state index contributed by atoms with van der Waals surface area (Å²) in [5.74, 6) is 0.527. The van der Waals surface area contributed by atoms with Crippen LogP contribution in [0.25, 0.3) is 0 Å². The molecule has 0 spiro atoms. The van der Waals surface area contributed by atoms with E-state index in [4.69, 9.17) is 0 Å². The van der Waals surface area contributed by atoms with E-state index in [0.717, 1.165) is 31.5 Å². The molecule has 1 unspecified atom stereocenters. The fourth-order valence-electron chi connectivity index (χ4n) is 3.30. The molecule has 2 aromatic rings. The van der Waals surface area contributed by atoms with Crippen LogP contribution in [0.15, 0.2) is 59.5 Å². The molecule has 0 aliphatic carbocycles. The van der Waals surface area contributed by atoms with Gasteiger partial charge in [-0.15, -0.1) is 0 Å². The Balaban J connectivity index is 1.76. The number of hydrogen-bond acceptors (Lipinski definition) is 3. The first kappa shape index (κ1) is 19.6. The van der Waals surface area contributed by atoms with Gasteiger partial charge < -0.3 is 4.90 Å². The van der Waals surface area contributed by atoms with Crippen LogP contribution in [-0.2, 0) is 10.0 Å². The van der Waals surface area contributed by atoms with Crippen LogP contribution in [0.5, 0.6) is 0 Å². The molecule has 1 amide bonds. The zero-order chi connectivity index (χ0) is 19.4. The molecule has 0 radical (unpaired) electrons. The summed E-state index contributed by atoms with van der Waals surface area (Å²) < 4.78 is 28.2. The number of nitrogens with one attached hydrogen (secondary N) is 1. The lowest BCUT2D eigenvalue weighted by atomic mass is 9.98. The van der Waals surface area contributed by atoms with Crippen molar-refractivity contribution >= 4 is 15.9 Å². The van der Waals surface area contributed by atoms with E-state index in [2.05, 4.69) is 11.6 Å². The average Bonchev–Trinajstić information content (AvgIpc) is 2.68. The molecular weight excluding hydrogens is 360 g/mol. The number of likely N-dealkylation sites (tertiary alicyclic amines) is 1. The van der Waals surface area contributed by atoms with E-state index in [0.29, 0.717) is 11.5 Å². The molecule has 1 aliphatic heterocycles. The highest BCUT2D eigenvalue weighted by molar-refractivity contribution is 7.89. The van der Waals surface area contributed by atoms with Crippen LogP contribution in [-0.4, -0.2) is 32.3 Å². The van der Waals surface area contributed by atoms with Gasteiger partial charge in [-0.1, -0.05) is 43.3 Å². The number of piperidine rings is 1. The van der Waals surface area contributed by atoms with Crippen LogP contribution in [0.4, 0.5) is 0 Å². The Bertz CT molecular complexity index is 889. The highest BCUT2D eigenvalue weighted by atomic mass is 32.2. The zero-order valence-electron chi connectivity index (χ0n) is 15.8. The molecule has 3 rings (SSSR count). The largest absolute Gasteiger partial charge is 0.339 e. The van der Waals surface area contributed by atoms with Gasteiger partial charge in [-0.3, -0.25) is 4.79 Å². The molecule has 2 aromatic carbocycles. The minimum atomic E-state index is -3.72. The maximum Gasteiger partial charge on any atom is 0.253 e. The van der Waals surface area contributed by atoms with Crippen molar-refractivity contribution in [2.45, 2.75) is 37.6 Å². The Morgan fingerprint density at radius 3 is 2.41 bits per heavy atom. The molecule has 1 N–H and O–H groups in total. The number of hydrogen-bond donors (Lipinski definition) is 1. The van der Waals surface area contributed by atoms with Crippen LogP contribution >= 0.6 is 0 Å². The monoisotopic (exact) mass is 386 g/mol. The summed E-state index contributed by atoms with van der Waals surface area (Å²) in [7, 11) is -3.72. The molecular formula is C21H26N2O3S. The first-order chi connectivity index (χ1) is 12.9. The van der Waals surface area contributed by atoms with Gasteiger partial charge in [-0.2, -0.15) is 0 Å². The van der Waals surface area contributed by atoms with Gasteiger partial charge in [0.25, 0.3) is 5.91 Å². The number of rotatable bonds is 5. The van der Waals surface area contributed by atoms with Gasteiger partial charge in [0, 0.05) is 24.7 Å². The summed E-state index contributed by atoms with van der Waals surface area (Å²) in [6.07, 6.45) is 1.97. The van der Waals surface area contributed by atoms with Crippen LogP contribution in [0.2, 0.25) is 0 Å². The second-order valence-electron chi connectivity index (χ2n) is 7.26. The van der Waals surface area contributed by atoms with E-state index in [1.807, 2.05) is 35.2 Å². The second kappa shape index (κ2) is 8.23. The van der Waals surface area contributed by atoms with E-state index < -0.39 is 10.0 Å². The van der Waals surface area contributed by atoms with Gasteiger partial charge in [0.1, 0.15) is 0 Å². The Hall–Kier alpha value is -2.18. The van der Waals surface area contributed by atoms with Gasteiger partial charge in [-0.25, -0.2) is 13.1 Å². The molecule has 27 heavy (non-hydrogen) atoms. The van der Waals surface area contributed by atoms with E-state index in [9.17, 15) is 13.2 Å². The van der Waals surface area contributed by atoms with E-state index in [-0.39, 0.29) is 16.8 Å². The van der Waals surface area contributed by atoms with Crippen molar-refractivity contribution in [1.82, 2.24) is 9.62 Å². The molecule has 1 heterocycles. The SMILES string of the molecule is CC1CCN(C(=O)c2cccc(S(=O)(=O)NC(C)c3ccccc3)c2)CC1. The topological polar surface area (TPSA) is 66.5 Å². The van der Waals surface area contributed by atoms with E-state index in [1.54, 1.807) is 19.1 Å². The van der Waals surface area contributed by atoms with Crippen LogP contribution in [0.3, 0.4) is 0 Å². The summed E-state index contributed by atoms with van der Waals surface area (Å²) in [6.45, 7) is 5.44. The molecule has 1 aliphatic rings. The Kier molecular flexibility index (Phi) is 5.97. The predicted octanol–water partition coefficient (Wildman–Crippen LogP) is 3.60. The molecule has 1 atom stereocenters. The standard InChI is InChI=1S/C21H26N2O3S/c1-16-11-13-23(14-12-16)21(24)19-9-6-10-20(15-19)27(25,26)22-17(2)18-7-4-3-5-8-18/h3-10,15-17,22H,11-14H2,1-2H3. The summed E-state index contributed by atoms with van der Waals surface area (Å²) >= 11 is 0. The van der Waals surface area contributed by atoms with Crippen molar-refractivity contribution in [3.63, 3.8) is 0 Å². The third-order valence-electron chi connectivity index (χ3n) is 5.09. The van der Waals surface area contributed by atoms with Crippen molar-refractivity contribution in [2.24, 2.45) is 5.92 Å². The normalized spacial score (nSPS) is 16.9. The smallest absolute Gasteiger partial charge is 0.253 e.